The van der Waals surface area contributed by atoms with Crippen LogP contribution in [0, 0.1) is 10.1 Å². The van der Waals surface area contributed by atoms with Crippen molar-refractivity contribution >= 4 is 40.8 Å². The third-order valence-electron chi connectivity index (χ3n) is 3.38. The molecule has 0 aliphatic heterocycles. The first-order valence-electron chi connectivity index (χ1n) is 7.00. The summed E-state index contributed by atoms with van der Waals surface area (Å²) < 4.78 is 0. The van der Waals surface area contributed by atoms with E-state index < -0.39 is 22.8 Å². The van der Waals surface area contributed by atoms with Gasteiger partial charge in [-0.15, -0.1) is 0 Å². The summed E-state index contributed by atoms with van der Waals surface area (Å²) in [5.41, 5.74) is 0.395. The van der Waals surface area contributed by atoms with Crippen molar-refractivity contribution in [1.82, 2.24) is 5.32 Å². The molecule has 0 heterocycles. The Balaban J connectivity index is 2.17. The Bertz CT molecular complexity index is 804. The first kappa shape index (κ1) is 18.7. The summed E-state index contributed by atoms with van der Waals surface area (Å²) >= 11 is 11.9. The number of halogens is 2. The Morgan fingerprint density at radius 2 is 1.68 bits per heavy atom. The van der Waals surface area contributed by atoms with Gasteiger partial charge in [0.15, 0.2) is 0 Å². The molecule has 0 aliphatic carbocycles. The van der Waals surface area contributed by atoms with Crippen molar-refractivity contribution < 1.29 is 19.6 Å². The molecule has 25 heavy (non-hydrogen) atoms. The number of nitro benzene ring substituents is 1. The van der Waals surface area contributed by atoms with Gasteiger partial charge in [0.05, 0.1) is 20.5 Å². The van der Waals surface area contributed by atoms with Crippen molar-refractivity contribution in [2.24, 2.45) is 0 Å². The number of nitrogens with one attached hydrogen (secondary N) is 1. The lowest BCUT2D eigenvalue weighted by molar-refractivity contribution is -0.384. The summed E-state index contributed by atoms with van der Waals surface area (Å²) in [6.45, 7) is 0. The molecule has 0 saturated carbocycles. The maximum atomic E-state index is 12.3. The standard InChI is InChI=1S/C16H12Cl2N2O5/c17-11-2-1-3-12(18)14(11)15(21)19-13(16(22)23)8-9-4-6-10(7-5-9)20(24)25/h1-7,13H,8H2,(H,19,21)(H,22,23)/t13-/m0/s1. The molecule has 1 amide bonds. The number of hydrogen-bond donors (Lipinski definition) is 2. The molecule has 0 saturated heterocycles. The van der Waals surface area contributed by atoms with Crippen molar-refractivity contribution in [1.29, 1.82) is 0 Å². The molecule has 0 unspecified atom stereocenters. The number of nitro groups is 1. The smallest absolute Gasteiger partial charge is 0.326 e. The second-order valence-electron chi connectivity index (χ2n) is 5.09. The predicted molar refractivity (Wildman–Crippen MR) is 92.2 cm³/mol. The summed E-state index contributed by atoms with van der Waals surface area (Å²) in [7, 11) is 0. The third kappa shape index (κ3) is 4.68. The number of non-ortho nitro benzene ring substituents is 1. The average Bonchev–Trinajstić information content (AvgIpc) is 2.54. The van der Waals surface area contributed by atoms with Crippen LogP contribution in [0.2, 0.25) is 10.0 Å². The fourth-order valence-electron chi connectivity index (χ4n) is 2.13. The molecule has 0 fully saturated rings. The Morgan fingerprint density at radius 1 is 1.12 bits per heavy atom. The van der Waals surface area contributed by atoms with Crippen LogP contribution in [0.25, 0.3) is 0 Å². The second kappa shape index (κ2) is 7.96. The Morgan fingerprint density at radius 3 is 2.16 bits per heavy atom. The second-order valence-corrected chi connectivity index (χ2v) is 5.90. The van der Waals surface area contributed by atoms with Gasteiger partial charge in [0.1, 0.15) is 6.04 Å². The fourth-order valence-corrected chi connectivity index (χ4v) is 2.70. The normalized spacial score (nSPS) is 11.6. The highest BCUT2D eigenvalue weighted by Crippen LogP contribution is 2.24. The number of aliphatic carboxylic acids is 1. The van der Waals surface area contributed by atoms with Crippen LogP contribution in [0.15, 0.2) is 42.5 Å². The number of carbonyl (C=O) groups is 2. The minimum atomic E-state index is -1.25. The molecule has 0 aliphatic rings. The summed E-state index contributed by atoms with van der Waals surface area (Å²) in [5.74, 6) is -1.97. The van der Waals surface area contributed by atoms with Gasteiger partial charge in [0.25, 0.3) is 11.6 Å². The number of carboxylic acid groups (broad SMARTS) is 1. The van der Waals surface area contributed by atoms with E-state index >= 15 is 0 Å². The van der Waals surface area contributed by atoms with Crippen LogP contribution in [0.3, 0.4) is 0 Å². The van der Waals surface area contributed by atoms with E-state index in [0.29, 0.717) is 5.56 Å². The van der Waals surface area contributed by atoms with Gasteiger partial charge in [-0.05, 0) is 17.7 Å². The molecule has 9 heteroatoms. The first-order valence-corrected chi connectivity index (χ1v) is 7.76. The van der Waals surface area contributed by atoms with Gasteiger partial charge in [-0.3, -0.25) is 14.9 Å². The van der Waals surface area contributed by atoms with Crippen molar-refractivity contribution in [3.05, 3.63) is 73.8 Å². The topological polar surface area (TPSA) is 110 Å². The highest BCUT2D eigenvalue weighted by Gasteiger charge is 2.24. The molecule has 0 spiro atoms. The Labute approximate surface area is 152 Å². The Hall–Kier alpha value is -2.64. The van der Waals surface area contributed by atoms with Crippen molar-refractivity contribution in [2.75, 3.05) is 0 Å². The molecule has 7 nitrogen and oxygen atoms in total. The third-order valence-corrected chi connectivity index (χ3v) is 4.01. The van der Waals surface area contributed by atoms with Gasteiger partial charge in [0, 0.05) is 18.6 Å². The summed E-state index contributed by atoms with van der Waals surface area (Å²) in [4.78, 5) is 33.8. The summed E-state index contributed by atoms with van der Waals surface area (Å²) in [5, 5.41) is 22.5. The van der Waals surface area contributed by atoms with E-state index in [4.69, 9.17) is 23.2 Å². The quantitative estimate of drug-likeness (QED) is 0.587. The van der Waals surface area contributed by atoms with Gasteiger partial charge in [-0.2, -0.15) is 0 Å². The van der Waals surface area contributed by atoms with Gasteiger partial charge in [0.2, 0.25) is 0 Å². The van der Waals surface area contributed by atoms with Gasteiger partial charge in [-0.1, -0.05) is 41.4 Å². The van der Waals surface area contributed by atoms with Crippen LogP contribution in [-0.4, -0.2) is 27.9 Å². The monoisotopic (exact) mass is 382 g/mol. The minimum absolute atomic E-state index is 0.0132. The molecular weight excluding hydrogens is 371 g/mol. The zero-order valence-electron chi connectivity index (χ0n) is 12.6. The fraction of sp³-hybridized carbons (Fsp3) is 0.125. The molecule has 2 aromatic rings. The lowest BCUT2D eigenvalue weighted by atomic mass is 10.0. The maximum absolute atomic E-state index is 12.3. The zero-order valence-corrected chi connectivity index (χ0v) is 14.1. The molecule has 1 atom stereocenters. The Kier molecular flexibility index (Phi) is 5.95. The lowest BCUT2D eigenvalue weighted by Crippen LogP contribution is -2.42. The molecule has 2 rings (SSSR count). The molecule has 130 valence electrons. The number of carbonyl (C=O) groups excluding carboxylic acids is 1. The molecule has 0 bridgehead atoms. The van der Waals surface area contributed by atoms with Crippen molar-refractivity contribution in [3.8, 4) is 0 Å². The van der Waals surface area contributed by atoms with E-state index in [1.165, 1.54) is 36.4 Å². The molecular formula is C16H12Cl2N2O5. The summed E-state index contributed by atoms with van der Waals surface area (Å²) in [6, 6.07) is 8.64. The van der Waals surface area contributed by atoms with Gasteiger partial charge >= 0.3 is 5.97 Å². The highest BCUT2D eigenvalue weighted by molar-refractivity contribution is 6.39. The number of nitrogens with zero attached hydrogens (tertiary/aromatic N) is 1. The van der Waals surface area contributed by atoms with E-state index in [9.17, 15) is 24.8 Å². The van der Waals surface area contributed by atoms with Crippen LogP contribution >= 0.6 is 23.2 Å². The number of benzene rings is 2. The van der Waals surface area contributed by atoms with Crippen LogP contribution in [0.1, 0.15) is 15.9 Å². The van der Waals surface area contributed by atoms with Crippen molar-refractivity contribution in [3.63, 3.8) is 0 Å². The van der Waals surface area contributed by atoms with Gasteiger partial charge in [-0.25, -0.2) is 4.79 Å². The van der Waals surface area contributed by atoms with Crippen LogP contribution < -0.4 is 5.32 Å². The van der Waals surface area contributed by atoms with E-state index in [1.807, 2.05) is 0 Å². The number of hydrogen-bond acceptors (Lipinski definition) is 4. The molecule has 0 aromatic heterocycles. The minimum Gasteiger partial charge on any atom is -0.480 e. The lowest BCUT2D eigenvalue weighted by Gasteiger charge is -2.16. The van der Waals surface area contributed by atoms with Crippen LogP contribution in [-0.2, 0) is 11.2 Å². The predicted octanol–water partition coefficient (Wildman–Crippen LogP) is 3.33. The molecule has 2 aromatic carbocycles. The van der Waals surface area contributed by atoms with E-state index in [1.54, 1.807) is 6.07 Å². The van der Waals surface area contributed by atoms with E-state index in [-0.39, 0.29) is 27.7 Å². The average molecular weight is 383 g/mol. The molecule has 2 N–H and O–H groups in total. The summed E-state index contributed by atoms with van der Waals surface area (Å²) in [6.07, 6.45) is -0.0544. The largest absolute Gasteiger partial charge is 0.480 e. The number of rotatable bonds is 6. The SMILES string of the molecule is O=C(N[C@@H](Cc1ccc([N+](=O)[O-])cc1)C(=O)O)c1c(Cl)cccc1Cl. The van der Waals surface area contributed by atoms with Crippen LogP contribution in [0.5, 0.6) is 0 Å². The zero-order chi connectivity index (χ0) is 18.6. The number of amides is 1. The molecule has 0 radical (unpaired) electrons. The maximum Gasteiger partial charge on any atom is 0.326 e. The first-order chi connectivity index (χ1) is 11.8. The highest BCUT2D eigenvalue weighted by atomic mass is 35.5. The van der Waals surface area contributed by atoms with Crippen molar-refractivity contribution in [2.45, 2.75) is 12.5 Å². The number of carboxylic acids is 1. The van der Waals surface area contributed by atoms with E-state index in [2.05, 4.69) is 5.32 Å². The van der Waals surface area contributed by atoms with Gasteiger partial charge < -0.3 is 10.4 Å². The van der Waals surface area contributed by atoms with Crippen LogP contribution in [0.4, 0.5) is 5.69 Å². The van der Waals surface area contributed by atoms with E-state index in [0.717, 1.165) is 0 Å².